The summed E-state index contributed by atoms with van der Waals surface area (Å²) in [5.41, 5.74) is 2.98. The Morgan fingerprint density at radius 3 is 2.64 bits per heavy atom. The molecule has 1 aliphatic carbocycles. The topological polar surface area (TPSA) is 49.6 Å². The van der Waals surface area contributed by atoms with Crippen LogP contribution in [0.1, 0.15) is 66.7 Å². The van der Waals surface area contributed by atoms with Crippen molar-refractivity contribution >= 4 is 23.2 Å². The van der Waals surface area contributed by atoms with E-state index < -0.39 is 5.82 Å². The Bertz CT molecular complexity index is 1150. The number of carbonyl (C=O) groups is 1. The van der Waals surface area contributed by atoms with E-state index in [2.05, 4.69) is 10.2 Å². The van der Waals surface area contributed by atoms with Crippen LogP contribution >= 0.6 is 11.6 Å². The number of fused-ring (bicyclic) bond motifs is 1. The Hall–Kier alpha value is -2.44. The van der Waals surface area contributed by atoms with Crippen molar-refractivity contribution in [1.29, 1.82) is 0 Å². The van der Waals surface area contributed by atoms with Crippen LogP contribution in [0.3, 0.4) is 0 Å². The van der Waals surface area contributed by atoms with Gasteiger partial charge >= 0.3 is 0 Å². The Morgan fingerprint density at radius 2 is 1.88 bits per heavy atom. The lowest BCUT2D eigenvalue weighted by molar-refractivity contribution is 0.0930. The van der Waals surface area contributed by atoms with E-state index >= 15 is 0 Å². The van der Waals surface area contributed by atoms with Crippen LogP contribution in [0.15, 0.2) is 42.6 Å². The zero-order valence-corrected chi connectivity index (χ0v) is 19.6. The van der Waals surface area contributed by atoms with E-state index in [1.165, 1.54) is 19.3 Å². The van der Waals surface area contributed by atoms with Crippen LogP contribution in [-0.2, 0) is 12.0 Å². The van der Waals surface area contributed by atoms with Crippen molar-refractivity contribution in [3.63, 3.8) is 0 Å². The second-order valence-electron chi connectivity index (χ2n) is 9.51. The summed E-state index contributed by atoms with van der Waals surface area (Å²) in [4.78, 5) is 20.4. The van der Waals surface area contributed by atoms with Crippen molar-refractivity contribution in [3.8, 4) is 0 Å². The summed E-state index contributed by atoms with van der Waals surface area (Å²) in [5, 5.41) is 3.29. The zero-order valence-electron chi connectivity index (χ0n) is 18.8. The van der Waals surface area contributed by atoms with Crippen LogP contribution in [0.4, 0.5) is 4.39 Å². The van der Waals surface area contributed by atoms with E-state index in [9.17, 15) is 9.18 Å². The maximum Gasteiger partial charge on any atom is 0.268 e. The average Bonchev–Trinajstić information content (AvgIpc) is 3.49. The van der Waals surface area contributed by atoms with Crippen molar-refractivity contribution in [1.82, 2.24) is 19.6 Å². The summed E-state index contributed by atoms with van der Waals surface area (Å²) >= 11 is 5.93. The third-order valence-electron chi connectivity index (χ3n) is 7.29. The first-order valence-electron chi connectivity index (χ1n) is 12.0. The summed E-state index contributed by atoms with van der Waals surface area (Å²) < 4.78 is 16.1. The van der Waals surface area contributed by atoms with Crippen LogP contribution in [0.25, 0.3) is 5.65 Å². The average molecular weight is 469 g/mol. The fourth-order valence-corrected chi connectivity index (χ4v) is 5.57. The smallest absolute Gasteiger partial charge is 0.268 e. The molecule has 2 fully saturated rings. The first-order valence-corrected chi connectivity index (χ1v) is 12.3. The number of amides is 1. The summed E-state index contributed by atoms with van der Waals surface area (Å²) in [5.74, 6) is -0.538. The van der Waals surface area contributed by atoms with E-state index in [4.69, 9.17) is 16.6 Å². The van der Waals surface area contributed by atoms with Crippen LogP contribution < -0.4 is 5.32 Å². The van der Waals surface area contributed by atoms with Gasteiger partial charge in [0.05, 0.1) is 10.7 Å². The third kappa shape index (κ3) is 4.64. The van der Waals surface area contributed by atoms with Crippen molar-refractivity contribution in [3.05, 3.63) is 70.4 Å². The molecule has 0 spiro atoms. The number of halogens is 2. The van der Waals surface area contributed by atoms with Crippen LogP contribution in [0.2, 0.25) is 5.02 Å². The van der Waals surface area contributed by atoms with Gasteiger partial charge in [-0.05, 0) is 68.6 Å². The molecule has 7 heteroatoms. The number of rotatable bonds is 6. The highest BCUT2D eigenvalue weighted by molar-refractivity contribution is 6.30. The molecule has 3 heterocycles. The van der Waals surface area contributed by atoms with Crippen molar-refractivity contribution in [2.75, 3.05) is 19.6 Å². The SMILES string of the molecule is O=C(NCC1(c2ccc(Cl)c(F)c2)CCCCC1)c1cccc2nc(CN3CCCC3)cn12. The van der Waals surface area contributed by atoms with E-state index in [0.29, 0.717) is 12.2 Å². The number of hydrogen-bond donors (Lipinski definition) is 1. The first-order chi connectivity index (χ1) is 16.0. The Kier molecular flexibility index (Phi) is 6.39. The van der Waals surface area contributed by atoms with Crippen molar-refractivity contribution in [2.24, 2.45) is 0 Å². The predicted octanol–water partition coefficient (Wildman–Crippen LogP) is 5.35. The van der Waals surface area contributed by atoms with Gasteiger partial charge in [-0.25, -0.2) is 9.37 Å². The summed E-state index contributed by atoms with van der Waals surface area (Å²) in [7, 11) is 0. The van der Waals surface area contributed by atoms with Crippen LogP contribution in [-0.4, -0.2) is 39.8 Å². The summed E-state index contributed by atoms with van der Waals surface area (Å²) in [6.07, 6.45) is 9.59. The molecule has 0 bridgehead atoms. The maximum absolute atomic E-state index is 14.3. The highest BCUT2D eigenvalue weighted by Gasteiger charge is 2.35. The Morgan fingerprint density at radius 1 is 1.09 bits per heavy atom. The van der Waals surface area contributed by atoms with Gasteiger partial charge in [0, 0.05) is 24.7 Å². The molecule has 2 aliphatic rings. The second kappa shape index (κ2) is 9.43. The fraction of sp³-hybridized carbons (Fsp3) is 0.462. The van der Waals surface area contributed by atoms with Gasteiger partial charge in [0.15, 0.2) is 0 Å². The van der Waals surface area contributed by atoms with Gasteiger partial charge < -0.3 is 5.32 Å². The zero-order chi connectivity index (χ0) is 22.8. The second-order valence-corrected chi connectivity index (χ2v) is 9.91. The van der Waals surface area contributed by atoms with Crippen molar-refractivity contribution < 1.29 is 9.18 Å². The molecule has 174 valence electrons. The number of likely N-dealkylation sites (tertiary alicyclic amines) is 1. The first kappa shape index (κ1) is 22.4. The van der Waals surface area contributed by atoms with Crippen LogP contribution in [0.5, 0.6) is 0 Å². The normalized spacial score (nSPS) is 18.6. The van der Waals surface area contributed by atoms with E-state index in [1.807, 2.05) is 34.9 Å². The van der Waals surface area contributed by atoms with Gasteiger partial charge in [0.25, 0.3) is 5.91 Å². The molecular weight excluding hydrogens is 439 g/mol. The molecule has 1 aliphatic heterocycles. The highest BCUT2D eigenvalue weighted by atomic mass is 35.5. The quantitative estimate of drug-likeness (QED) is 0.530. The number of benzene rings is 1. The Labute approximate surface area is 198 Å². The van der Waals surface area contributed by atoms with Gasteiger partial charge in [-0.15, -0.1) is 0 Å². The molecule has 0 radical (unpaired) electrons. The van der Waals surface area contributed by atoms with E-state index in [0.717, 1.165) is 62.2 Å². The van der Waals surface area contributed by atoms with Gasteiger partial charge in [-0.2, -0.15) is 0 Å². The van der Waals surface area contributed by atoms with Gasteiger partial charge in [-0.1, -0.05) is 43.0 Å². The molecule has 1 aromatic carbocycles. The standard InChI is InChI=1S/C26H30ClFN4O/c27-21-10-9-19(15-22(21)28)26(11-2-1-3-12-26)18-29-25(33)23-7-6-8-24-30-20(17-32(23)24)16-31-13-4-5-14-31/h6-10,15,17H,1-5,11-14,16,18H2,(H,29,33). The number of aromatic nitrogens is 2. The molecule has 2 aromatic heterocycles. The summed E-state index contributed by atoms with van der Waals surface area (Å²) in [6.45, 7) is 3.50. The number of carbonyl (C=O) groups excluding carboxylic acids is 1. The number of hydrogen-bond acceptors (Lipinski definition) is 3. The van der Waals surface area contributed by atoms with Gasteiger partial charge in [0.2, 0.25) is 0 Å². The lowest BCUT2D eigenvalue weighted by Crippen LogP contribution is -2.42. The molecule has 5 rings (SSSR count). The Balaban J connectivity index is 1.36. The van der Waals surface area contributed by atoms with Crippen LogP contribution in [0, 0.1) is 5.82 Å². The summed E-state index contributed by atoms with van der Waals surface area (Å²) in [6, 6.07) is 10.7. The fourth-order valence-electron chi connectivity index (χ4n) is 5.45. The van der Waals surface area contributed by atoms with Gasteiger partial charge in [-0.3, -0.25) is 14.1 Å². The monoisotopic (exact) mass is 468 g/mol. The molecule has 1 N–H and O–H groups in total. The molecule has 0 unspecified atom stereocenters. The highest BCUT2D eigenvalue weighted by Crippen LogP contribution is 2.40. The molecule has 0 atom stereocenters. The number of pyridine rings is 1. The number of imidazole rings is 1. The minimum absolute atomic E-state index is 0.130. The van der Waals surface area contributed by atoms with Gasteiger partial charge in [0.1, 0.15) is 17.2 Å². The minimum atomic E-state index is -0.404. The van der Waals surface area contributed by atoms with Crippen molar-refractivity contribution in [2.45, 2.75) is 56.9 Å². The molecule has 1 amide bonds. The molecule has 1 saturated carbocycles. The third-order valence-corrected chi connectivity index (χ3v) is 7.60. The lowest BCUT2D eigenvalue weighted by Gasteiger charge is -2.38. The molecule has 1 saturated heterocycles. The molecular formula is C26H30ClFN4O. The largest absolute Gasteiger partial charge is 0.350 e. The van der Waals surface area contributed by atoms with E-state index in [-0.39, 0.29) is 16.3 Å². The molecule has 3 aromatic rings. The maximum atomic E-state index is 14.3. The predicted molar refractivity (Wildman–Crippen MR) is 128 cm³/mol. The molecule has 5 nitrogen and oxygen atoms in total. The van der Waals surface area contributed by atoms with E-state index in [1.54, 1.807) is 12.1 Å². The minimum Gasteiger partial charge on any atom is -0.350 e. The lowest BCUT2D eigenvalue weighted by atomic mass is 9.69. The number of nitrogens with one attached hydrogen (secondary N) is 1. The number of nitrogens with zero attached hydrogens (tertiary/aromatic N) is 3. The molecule has 33 heavy (non-hydrogen) atoms.